The summed E-state index contributed by atoms with van der Waals surface area (Å²) >= 11 is 0. The molecule has 1 fully saturated rings. The Morgan fingerprint density at radius 2 is 1.89 bits per heavy atom. The van der Waals surface area contributed by atoms with Gasteiger partial charge in [0, 0.05) is 17.6 Å². The van der Waals surface area contributed by atoms with E-state index in [-0.39, 0.29) is 18.0 Å². The lowest BCUT2D eigenvalue weighted by Gasteiger charge is -2.29. The highest BCUT2D eigenvalue weighted by Crippen LogP contribution is 2.22. The number of hydrogen-bond donors (Lipinski definition) is 2. The van der Waals surface area contributed by atoms with E-state index in [0.29, 0.717) is 11.3 Å². The maximum Gasteiger partial charge on any atom is 0.255 e. The number of hydrogen-bond acceptors (Lipinski definition) is 3. The molecule has 0 spiro atoms. The predicted molar refractivity (Wildman–Crippen MR) is 70.6 cm³/mol. The lowest BCUT2D eigenvalue weighted by molar-refractivity contribution is 0.0919. The maximum atomic E-state index is 12.3. The first-order valence-electron chi connectivity index (χ1n) is 6.63. The predicted octanol–water partition coefficient (Wildman–Crippen LogP) is 2.20. The quantitative estimate of drug-likeness (QED) is 0.845. The van der Waals surface area contributed by atoms with Gasteiger partial charge in [0.05, 0.1) is 5.56 Å². The smallest absolute Gasteiger partial charge is 0.255 e. The molecule has 1 amide bonds. The van der Waals surface area contributed by atoms with Gasteiger partial charge in [-0.3, -0.25) is 4.79 Å². The highest BCUT2D eigenvalue weighted by Gasteiger charge is 2.26. The van der Waals surface area contributed by atoms with E-state index in [2.05, 4.69) is 5.32 Å². The van der Waals surface area contributed by atoms with Crippen molar-refractivity contribution in [3.8, 4) is 0 Å². The van der Waals surface area contributed by atoms with Crippen LogP contribution < -0.4 is 11.1 Å². The summed E-state index contributed by atoms with van der Waals surface area (Å²) in [7, 11) is 0. The van der Waals surface area contributed by atoms with Gasteiger partial charge in [-0.25, -0.2) is 0 Å². The molecule has 0 radical (unpaired) electrons. The van der Waals surface area contributed by atoms with Gasteiger partial charge in [-0.05, 0) is 33.6 Å². The van der Waals surface area contributed by atoms with Gasteiger partial charge in [-0.2, -0.15) is 0 Å². The highest BCUT2D eigenvalue weighted by molar-refractivity contribution is 5.97. The van der Waals surface area contributed by atoms with Crippen LogP contribution in [0.4, 0.5) is 0 Å². The Hall–Kier alpha value is -1.29. The Kier molecular flexibility index (Phi) is 3.76. The van der Waals surface area contributed by atoms with Crippen molar-refractivity contribution < 1.29 is 9.21 Å². The first kappa shape index (κ1) is 13.1. The minimum Gasteiger partial charge on any atom is -0.466 e. The molecular weight excluding hydrogens is 228 g/mol. The normalized spacial score (nSPS) is 24.0. The average Bonchev–Trinajstić information content (AvgIpc) is 2.56. The monoisotopic (exact) mass is 250 g/mol. The van der Waals surface area contributed by atoms with Crippen LogP contribution in [0.1, 0.15) is 53.1 Å². The zero-order chi connectivity index (χ0) is 13.3. The van der Waals surface area contributed by atoms with Crippen LogP contribution in [0.5, 0.6) is 0 Å². The fourth-order valence-electron chi connectivity index (χ4n) is 2.71. The van der Waals surface area contributed by atoms with Gasteiger partial charge in [0.1, 0.15) is 11.5 Å². The molecule has 0 unspecified atom stereocenters. The minimum absolute atomic E-state index is 0.0517. The van der Waals surface area contributed by atoms with Crippen LogP contribution in [0.25, 0.3) is 0 Å². The fourth-order valence-corrected chi connectivity index (χ4v) is 2.71. The second kappa shape index (κ2) is 5.14. The summed E-state index contributed by atoms with van der Waals surface area (Å²) in [5.74, 6) is 1.45. The topological polar surface area (TPSA) is 68.3 Å². The summed E-state index contributed by atoms with van der Waals surface area (Å²) in [6, 6.07) is 0.177. The van der Waals surface area contributed by atoms with Crippen LogP contribution in [0.15, 0.2) is 4.42 Å². The standard InChI is InChI=1S/C14H22N2O2/c1-8-9(2)18-10(3)13(8)14(17)16-12-7-5-4-6-11(12)15/h11-12H,4-7,15H2,1-3H3,(H,16,17)/t11-,12-/m1/s1. The third-order valence-corrected chi connectivity index (χ3v) is 3.92. The molecule has 0 aliphatic heterocycles. The third-order valence-electron chi connectivity index (χ3n) is 3.92. The van der Waals surface area contributed by atoms with E-state index in [4.69, 9.17) is 10.2 Å². The van der Waals surface area contributed by atoms with Crippen molar-refractivity contribution in [3.05, 3.63) is 22.6 Å². The fraction of sp³-hybridized carbons (Fsp3) is 0.643. The lowest BCUT2D eigenvalue weighted by atomic mass is 9.90. The molecule has 1 aliphatic rings. The van der Waals surface area contributed by atoms with E-state index in [1.54, 1.807) is 0 Å². The van der Waals surface area contributed by atoms with Crippen molar-refractivity contribution in [1.29, 1.82) is 0 Å². The number of aryl methyl sites for hydroxylation is 2. The Balaban J connectivity index is 2.12. The zero-order valence-electron chi connectivity index (χ0n) is 11.4. The van der Waals surface area contributed by atoms with E-state index >= 15 is 0 Å². The van der Waals surface area contributed by atoms with E-state index < -0.39 is 0 Å². The van der Waals surface area contributed by atoms with Gasteiger partial charge in [-0.1, -0.05) is 12.8 Å². The van der Waals surface area contributed by atoms with Gasteiger partial charge in [0.15, 0.2) is 0 Å². The van der Waals surface area contributed by atoms with Gasteiger partial charge in [-0.15, -0.1) is 0 Å². The van der Waals surface area contributed by atoms with Crippen molar-refractivity contribution in [3.63, 3.8) is 0 Å². The summed E-state index contributed by atoms with van der Waals surface area (Å²) in [6.07, 6.45) is 4.27. The summed E-state index contributed by atoms with van der Waals surface area (Å²) in [4.78, 5) is 12.3. The van der Waals surface area contributed by atoms with Crippen LogP contribution in [0, 0.1) is 20.8 Å². The lowest BCUT2D eigenvalue weighted by Crippen LogP contribution is -2.49. The molecule has 4 heteroatoms. The van der Waals surface area contributed by atoms with Crippen molar-refractivity contribution in [2.75, 3.05) is 0 Å². The first-order chi connectivity index (χ1) is 8.50. The molecular formula is C14H22N2O2. The molecule has 0 aromatic carbocycles. The van der Waals surface area contributed by atoms with E-state index in [1.165, 1.54) is 0 Å². The number of rotatable bonds is 2. The van der Waals surface area contributed by atoms with Crippen LogP contribution in [0.3, 0.4) is 0 Å². The van der Waals surface area contributed by atoms with E-state index in [9.17, 15) is 4.79 Å². The Labute approximate surface area is 108 Å². The molecule has 1 saturated carbocycles. The highest BCUT2D eigenvalue weighted by atomic mass is 16.3. The number of nitrogens with two attached hydrogens (primary N) is 1. The van der Waals surface area contributed by atoms with Gasteiger partial charge < -0.3 is 15.5 Å². The molecule has 1 aromatic heterocycles. The summed E-state index contributed by atoms with van der Waals surface area (Å²) < 4.78 is 5.49. The molecule has 0 bridgehead atoms. The van der Waals surface area contributed by atoms with Crippen molar-refractivity contribution in [2.45, 2.75) is 58.5 Å². The van der Waals surface area contributed by atoms with Crippen molar-refractivity contribution in [2.24, 2.45) is 5.73 Å². The first-order valence-corrected chi connectivity index (χ1v) is 6.63. The van der Waals surface area contributed by atoms with Crippen molar-refractivity contribution in [1.82, 2.24) is 5.32 Å². The van der Waals surface area contributed by atoms with Crippen LogP contribution >= 0.6 is 0 Å². The largest absolute Gasteiger partial charge is 0.466 e. The molecule has 4 nitrogen and oxygen atoms in total. The maximum absolute atomic E-state index is 12.3. The number of furan rings is 1. The minimum atomic E-state index is -0.0517. The molecule has 2 atom stereocenters. The summed E-state index contributed by atoms with van der Waals surface area (Å²) in [6.45, 7) is 5.63. The molecule has 1 heterocycles. The Morgan fingerprint density at radius 3 is 2.44 bits per heavy atom. The molecule has 100 valence electrons. The zero-order valence-corrected chi connectivity index (χ0v) is 11.4. The number of carbonyl (C=O) groups excluding carboxylic acids is 1. The summed E-state index contributed by atoms with van der Waals surface area (Å²) in [5.41, 5.74) is 7.65. The van der Waals surface area contributed by atoms with Gasteiger partial charge in [0.25, 0.3) is 5.91 Å². The molecule has 2 rings (SSSR count). The number of carbonyl (C=O) groups is 1. The van der Waals surface area contributed by atoms with Crippen LogP contribution in [-0.2, 0) is 0 Å². The molecule has 1 aliphatic carbocycles. The van der Waals surface area contributed by atoms with Gasteiger partial charge >= 0.3 is 0 Å². The van der Waals surface area contributed by atoms with Crippen molar-refractivity contribution >= 4 is 5.91 Å². The molecule has 0 saturated heterocycles. The Bertz CT molecular complexity index is 451. The number of nitrogens with one attached hydrogen (secondary N) is 1. The SMILES string of the molecule is Cc1oc(C)c(C(=O)N[C@@H]2CCCC[C@H]2N)c1C. The molecule has 1 aromatic rings. The third kappa shape index (κ3) is 2.43. The molecule has 3 N–H and O–H groups in total. The second-order valence-corrected chi connectivity index (χ2v) is 5.24. The average molecular weight is 250 g/mol. The summed E-state index contributed by atoms with van der Waals surface area (Å²) in [5, 5.41) is 3.06. The van der Waals surface area contributed by atoms with Crippen LogP contribution in [-0.4, -0.2) is 18.0 Å². The second-order valence-electron chi connectivity index (χ2n) is 5.24. The number of amides is 1. The van der Waals surface area contributed by atoms with Crippen LogP contribution in [0.2, 0.25) is 0 Å². The van der Waals surface area contributed by atoms with E-state index in [1.807, 2.05) is 20.8 Å². The molecule has 18 heavy (non-hydrogen) atoms. The Morgan fingerprint density at radius 1 is 1.22 bits per heavy atom. The van der Waals surface area contributed by atoms with E-state index in [0.717, 1.165) is 37.0 Å². The van der Waals surface area contributed by atoms with Gasteiger partial charge in [0.2, 0.25) is 0 Å².